The zero-order chi connectivity index (χ0) is 15.9. The fourth-order valence-electron chi connectivity index (χ4n) is 1.65. The Hall–Kier alpha value is -2.96. The lowest BCUT2D eigenvalue weighted by atomic mass is 10.2. The lowest BCUT2D eigenvalue weighted by Gasteiger charge is -2.07. The van der Waals surface area contributed by atoms with E-state index in [4.69, 9.17) is 10.5 Å². The molecule has 0 heterocycles. The van der Waals surface area contributed by atoms with Crippen molar-refractivity contribution >= 4 is 12.2 Å². The first-order chi connectivity index (χ1) is 10.5. The van der Waals surface area contributed by atoms with Gasteiger partial charge in [0.2, 0.25) is 0 Å². The van der Waals surface area contributed by atoms with Crippen molar-refractivity contribution in [1.29, 1.82) is 0 Å². The minimum atomic E-state index is -0.768. The SMILES string of the molecule is NC(=O)NN=Cc1cccc(OCc2ccc(F)cc2F)c1. The molecule has 0 aliphatic heterocycles. The van der Waals surface area contributed by atoms with Gasteiger partial charge in [0.05, 0.1) is 6.21 Å². The first kappa shape index (κ1) is 15.4. The molecule has 0 unspecified atom stereocenters. The topological polar surface area (TPSA) is 76.7 Å². The van der Waals surface area contributed by atoms with Gasteiger partial charge in [0, 0.05) is 11.6 Å². The van der Waals surface area contributed by atoms with E-state index in [1.54, 1.807) is 24.3 Å². The van der Waals surface area contributed by atoms with Gasteiger partial charge in [-0.1, -0.05) is 12.1 Å². The van der Waals surface area contributed by atoms with E-state index >= 15 is 0 Å². The molecule has 3 N–H and O–H groups in total. The second-order valence-corrected chi connectivity index (χ2v) is 4.33. The monoisotopic (exact) mass is 305 g/mol. The number of carbonyl (C=O) groups is 1. The Balaban J connectivity index is 2.01. The van der Waals surface area contributed by atoms with Crippen LogP contribution in [0.15, 0.2) is 47.6 Å². The fraction of sp³-hybridized carbons (Fsp3) is 0.0667. The van der Waals surface area contributed by atoms with Crippen molar-refractivity contribution in [2.75, 3.05) is 0 Å². The van der Waals surface area contributed by atoms with Crippen molar-refractivity contribution in [3.05, 3.63) is 65.2 Å². The summed E-state index contributed by atoms with van der Waals surface area (Å²) in [5.74, 6) is -0.823. The second-order valence-electron chi connectivity index (χ2n) is 4.33. The van der Waals surface area contributed by atoms with E-state index in [9.17, 15) is 13.6 Å². The third-order valence-electron chi connectivity index (χ3n) is 2.66. The predicted octanol–water partition coefficient (Wildman–Crippen LogP) is 2.55. The van der Waals surface area contributed by atoms with Crippen molar-refractivity contribution in [2.45, 2.75) is 6.61 Å². The second kappa shape index (κ2) is 7.16. The third kappa shape index (κ3) is 4.55. The maximum Gasteiger partial charge on any atom is 0.332 e. The van der Waals surface area contributed by atoms with Gasteiger partial charge < -0.3 is 10.5 Å². The summed E-state index contributed by atoms with van der Waals surface area (Å²) in [5, 5.41) is 3.62. The van der Waals surface area contributed by atoms with Crippen LogP contribution in [0.4, 0.5) is 13.6 Å². The van der Waals surface area contributed by atoms with Crippen LogP contribution in [-0.2, 0) is 6.61 Å². The Kier molecular flexibility index (Phi) is 5.02. The van der Waals surface area contributed by atoms with Crippen LogP contribution in [0.5, 0.6) is 5.75 Å². The number of hydrazone groups is 1. The summed E-state index contributed by atoms with van der Waals surface area (Å²) in [5.41, 5.74) is 7.84. The van der Waals surface area contributed by atoms with E-state index in [-0.39, 0.29) is 12.2 Å². The minimum absolute atomic E-state index is 0.0355. The zero-order valence-corrected chi connectivity index (χ0v) is 11.4. The fourth-order valence-corrected chi connectivity index (χ4v) is 1.65. The van der Waals surface area contributed by atoms with Gasteiger partial charge in [-0.05, 0) is 29.8 Å². The van der Waals surface area contributed by atoms with Gasteiger partial charge in [-0.2, -0.15) is 5.10 Å². The number of nitrogens with one attached hydrogen (secondary N) is 1. The van der Waals surface area contributed by atoms with Gasteiger partial charge in [0.15, 0.2) is 0 Å². The number of benzene rings is 2. The Bertz CT molecular complexity index is 705. The summed E-state index contributed by atoms with van der Waals surface area (Å²) in [6.07, 6.45) is 1.39. The molecular weight excluding hydrogens is 292 g/mol. The van der Waals surface area contributed by atoms with Gasteiger partial charge >= 0.3 is 6.03 Å². The number of urea groups is 1. The average molecular weight is 305 g/mol. The smallest absolute Gasteiger partial charge is 0.332 e. The molecule has 0 saturated heterocycles. The highest BCUT2D eigenvalue weighted by Crippen LogP contribution is 2.16. The molecule has 0 aromatic heterocycles. The molecule has 22 heavy (non-hydrogen) atoms. The van der Waals surface area contributed by atoms with Crippen LogP contribution in [0.3, 0.4) is 0 Å². The Labute approximate surface area is 125 Å². The molecule has 2 amide bonds. The maximum absolute atomic E-state index is 13.5. The normalized spacial score (nSPS) is 10.6. The molecular formula is C15H13F2N3O2. The molecule has 0 bridgehead atoms. The van der Waals surface area contributed by atoms with Crippen molar-refractivity contribution in [2.24, 2.45) is 10.8 Å². The molecule has 2 aromatic rings. The number of hydrogen-bond acceptors (Lipinski definition) is 3. The number of nitrogens with zero attached hydrogens (tertiary/aromatic N) is 1. The van der Waals surface area contributed by atoms with Crippen LogP contribution in [0.2, 0.25) is 0 Å². The summed E-state index contributed by atoms with van der Waals surface area (Å²) in [6.45, 7) is -0.0355. The number of halogens is 2. The number of primary amides is 1. The standard InChI is InChI=1S/C15H13F2N3O2/c16-12-5-4-11(14(17)7-12)9-22-13-3-1-2-10(6-13)8-19-20-15(18)21/h1-8H,9H2,(H3,18,20,21). The van der Waals surface area contributed by atoms with E-state index in [0.717, 1.165) is 6.07 Å². The minimum Gasteiger partial charge on any atom is -0.489 e. The lowest BCUT2D eigenvalue weighted by molar-refractivity contribution is 0.249. The Morgan fingerprint density at radius 1 is 1.27 bits per heavy atom. The van der Waals surface area contributed by atoms with E-state index < -0.39 is 17.7 Å². The number of ether oxygens (including phenoxy) is 1. The van der Waals surface area contributed by atoms with Crippen molar-refractivity contribution in [3.63, 3.8) is 0 Å². The highest BCUT2D eigenvalue weighted by atomic mass is 19.1. The van der Waals surface area contributed by atoms with Crippen LogP contribution < -0.4 is 15.9 Å². The summed E-state index contributed by atoms with van der Waals surface area (Å²) in [4.78, 5) is 10.5. The van der Waals surface area contributed by atoms with E-state index in [2.05, 4.69) is 10.5 Å². The van der Waals surface area contributed by atoms with Crippen LogP contribution >= 0.6 is 0 Å². The molecule has 7 heteroatoms. The van der Waals surface area contributed by atoms with Crippen LogP contribution in [0.25, 0.3) is 0 Å². The van der Waals surface area contributed by atoms with Gasteiger partial charge in [-0.25, -0.2) is 19.0 Å². The van der Waals surface area contributed by atoms with Gasteiger partial charge in [-0.3, -0.25) is 0 Å². The van der Waals surface area contributed by atoms with Crippen molar-refractivity contribution in [3.8, 4) is 5.75 Å². The van der Waals surface area contributed by atoms with Crippen molar-refractivity contribution < 1.29 is 18.3 Å². The molecule has 0 saturated carbocycles. The summed E-state index contributed by atoms with van der Waals surface area (Å²) >= 11 is 0. The number of hydrogen-bond donors (Lipinski definition) is 2. The largest absolute Gasteiger partial charge is 0.489 e. The number of amides is 2. The Morgan fingerprint density at radius 3 is 2.82 bits per heavy atom. The van der Waals surface area contributed by atoms with E-state index in [1.165, 1.54) is 18.3 Å². The van der Waals surface area contributed by atoms with E-state index in [1.807, 2.05) is 0 Å². The molecule has 114 valence electrons. The zero-order valence-electron chi connectivity index (χ0n) is 11.4. The summed E-state index contributed by atoms with van der Waals surface area (Å²) < 4.78 is 31.7. The third-order valence-corrected chi connectivity index (χ3v) is 2.66. The number of rotatable bonds is 5. The molecule has 0 aliphatic rings. The summed E-state index contributed by atoms with van der Waals surface area (Å²) in [6, 6.07) is 9.30. The lowest BCUT2D eigenvalue weighted by Crippen LogP contribution is -2.24. The van der Waals surface area contributed by atoms with Crippen molar-refractivity contribution in [1.82, 2.24) is 5.43 Å². The highest BCUT2D eigenvalue weighted by Gasteiger charge is 2.04. The highest BCUT2D eigenvalue weighted by molar-refractivity contribution is 5.81. The van der Waals surface area contributed by atoms with Crippen LogP contribution in [-0.4, -0.2) is 12.2 Å². The number of nitrogens with two attached hydrogens (primary N) is 1. The molecule has 0 aliphatic carbocycles. The van der Waals surface area contributed by atoms with Gasteiger partial charge in [0.1, 0.15) is 24.0 Å². The Morgan fingerprint density at radius 2 is 2.09 bits per heavy atom. The molecule has 2 rings (SSSR count). The molecule has 0 atom stereocenters. The van der Waals surface area contributed by atoms with Crippen LogP contribution in [0.1, 0.15) is 11.1 Å². The molecule has 0 radical (unpaired) electrons. The molecule has 5 nitrogen and oxygen atoms in total. The first-order valence-electron chi connectivity index (χ1n) is 6.30. The summed E-state index contributed by atoms with van der Waals surface area (Å²) in [7, 11) is 0. The van der Waals surface area contributed by atoms with Crippen LogP contribution in [0, 0.1) is 11.6 Å². The predicted molar refractivity (Wildman–Crippen MR) is 77.4 cm³/mol. The molecule has 0 fully saturated rings. The first-order valence-corrected chi connectivity index (χ1v) is 6.30. The molecule has 2 aromatic carbocycles. The number of carbonyl (C=O) groups excluding carboxylic acids is 1. The quantitative estimate of drug-likeness (QED) is 0.658. The van der Waals surface area contributed by atoms with E-state index in [0.29, 0.717) is 11.3 Å². The average Bonchev–Trinajstić information content (AvgIpc) is 2.46. The molecule has 0 spiro atoms. The maximum atomic E-state index is 13.5. The van der Waals surface area contributed by atoms with Gasteiger partial charge in [-0.15, -0.1) is 0 Å². The van der Waals surface area contributed by atoms with Gasteiger partial charge in [0.25, 0.3) is 0 Å².